The second kappa shape index (κ2) is 5.28. The van der Waals surface area contributed by atoms with E-state index in [1.807, 2.05) is 0 Å². The van der Waals surface area contributed by atoms with Gasteiger partial charge in [-0.2, -0.15) is 0 Å². The Morgan fingerprint density at radius 1 is 1.47 bits per heavy atom. The lowest BCUT2D eigenvalue weighted by atomic mass is 9.87. The van der Waals surface area contributed by atoms with E-state index in [4.69, 9.17) is 5.73 Å². The lowest BCUT2D eigenvalue weighted by molar-refractivity contribution is 0.00287. The third-order valence-corrected chi connectivity index (χ3v) is 3.93. The number of nitrogens with zero attached hydrogens (tertiary/aromatic N) is 1. The molecule has 3 atom stereocenters. The van der Waals surface area contributed by atoms with Crippen molar-refractivity contribution < 1.29 is 5.11 Å². The van der Waals surface area contributed by atoms with Crippen molar-refractivity contribution in [3.05, 3.63) is 0 Å². The van der Waals surface area contributed by atoms with Crippen LogP contribution in [-0.4, -0.2) is 40.8 Å². The van der Waals surface area contributed by atoms with E-state index in [0.29, 0.717) is 0 Å². The van der Waals surface area contributed by atoms with Gasteiger partial charge in [0.05, 0.1) is 6.10 Å². The summed E-state index contributed by atoms with van der Waals surface area (Å²) < 4.78 is 0. The van der Waals surface area contributed by atoms with Gasteiger partial charge in [0.25, 0.3) is 0 Å². The minimum atomic E-state index is -0.302. The number of aliphatic hydroxyl groups is 1. The number of nitrogens with two attached hydrogens (primary N) is 1. The Hall–Kier alpha value is -0.120. The van der Waals surface area contributed by atoms with E-state index in [0.717, 1.165) is 25.9 Å². The molecular weight excluding hydrogens is 188 g/mol. The van der Waals surface area contributed by atoms with Crippen LogP contribution < -0.4 is 5.73 Å². The van der Waals surface area contributed by atoms with Crippen LogP contribution in [0.2, 0.25) is 0 Å². The minimum absolute atomic E-state index is 0.0681. The molecule has 0 aliphatic carbocycles. The van der Waals surface area contributed by atoms with Gasteiger partial charge < -0.3 is 10.8 Å². The molecule has 0 aromatic rings. The van der Waals surface area contributed by atoms with Gasteiger partial charge in [0, 0.05) is 24.7 Å². The average molecular weight is 214 g/mol. The average Bonchev–Trinajstić information content (AvgIpc) is 2.22. The number of likely N-dealkylation sites (tertiary alicyclic amines) is 1. The van der Waals surface area contributed by atoms with Crippen LogP contribution in [0.4, 0.5) is 0 Å². The molecule has 1 fully saturated rings. The van der Waals surface area contributed by atoms with Gasteiger partial charge in [0.2, 0.25) is 0 Å². The summed E-state index contributed by atoms with van der Waals surface area (Å²) in [4.78, 5) is 2.47. The highest BCUT2D eigenvalue weighted by molar-refractivity contribution is 4.92. The molecule has 3 N–H and O–H groups in total. The molecule has 15 heavy (non-hydrogen) atoms. The first-order valence-electron chi connectivity index (χ1n) is 6.22. The van der Waals surface area contributed by atoms with Crippen molar-refractivity contribution in [1.82, 2.24) is 4.90 Å². The summed E-state index contributed by atoms with van der Waals surface area (Å²) in [7, 11) is 0. The number of hydrogen-bond donors (Lipinski definition) is 2. The number of piperidine rings is 1. The topological polar surface area (TPSA) is 49.5 Å². The van der Waals surface area contributed by atoms with Crippen LogP contribution in [0.3, 0.4) is 0 Å². The first kappa shape index (κ1) is 12.9. The van der Waals surface area contributed by atoms with Crippen LogP contribution in [0, 0.1) is 0 Å². The maximum Gasteiger partial charge on any atom is 0.0715 e. The van der Waals surface area contributed by atoms with E-state index in [1.165, 1.54) is 12.8 Å². The van der Waals surface area contributed by atoms with Crippen molar-refractivity contribution in [3.63, 3.8) is 0 Å². The predicted molar refractivity (Wildman–Crippen MR) is 63.8 cm³/mol. The third-order valence-electron chi connectivity index (χ3n) is 3.93. The van der Waals surface area contributed by atoms with E-state index in [9.17, 15) is 5.11 Å². The van der Waals surface area contributed by atoms with E-state index in [1.54, 1.807) is 0 Å². The molecule has 0 radical (unpaired) electrons. The molecule has 0 aromatic carbocycles. The summed E-state index contributed by atoms with van der Waals surface area (Å²) in [6.07, 6.45) is 4.10. The number of rotatable bonds is 4. The van der Waals surface area contributed by atoms with E-state index >= 15 is 0 Å². The highest BCUT2D eigenvalue weighted by Gasteiger charge is 2.34. The summed E-state index contributed by atoms with van der Waals surface area (Å²) in [5.74, 6) is 0. The van der Waals surface area contributed by atoms with E-state index in [-0.39, 0.29) is 17.7 Å². The summed E-state index contributed by atoms with van der Waals surface area (Å²) in [6, 6.07) is -0.0681. The highest BCUT2D eigenvalue weighted by Crippen LogP contribution is 2.28. The Labute approximate surface area is 93.6 Å². The summed E-state index contributed by atoms with van der Waals surface area (Å²) in [5.41, 5.74) is 6.19. The predicted octanol–water partition coefficient (Wildman–Crippen LogP) is 1.35. The maximum atomic E-state index is 9.61. The molecule has 1 heterocycles. The maximum absolute atomic E-state index is 9.61. The van der Waals surface area contributed by atoms with Crippen LogP contribution in [0.25, 0.3) is 0 Å². The van der Waals surface area contributed by atoms with Crippen molar-refractivity contribution in [2.24, 2.45) is 5.73 Å². The van der Waals surface area contributed by atoms with Crippen molar-refractivity contribution in [3.8, 4) is 0 Å². The van der Waals surface area contributed by atoms with Crippen molar-refractivity contribution in [2.75, 3.05) is 13.1 Å². The van der Waals surface area contributed by atoms with Gasteiger partial charge in [0.15, 0.2) is 0 Å². The molecule has 1 rings (SSSR count). The standard InChI is InChI=1S/C12H26N2O/c1-4-7-12(3,5-2)14-8-6-11(15)10(13)9-14/h10-11,15H,4-9,13H2,1-3H3. The molecule has 3 nitrogen and oxygen atoms in total. The molecule has 0 bridgehead atoms. The summed E-state index contributed by atoms with van der Waals surface area (Å²) in [5, 5.41) is 9.61. The second-order valence-corrected chi connectivity index (χ2v) is 5.07. The lowest BCUT2D eigenvalue weighted by Crippen LogP contribution is -2.58. The Bertz CT molecular complexity index is 198. The molecule has 0 spiro atoms. The number of hydrogen-bond acceptors (Lipinski definition) is 3. The van der Waals surface area contributed by atoms with Crippen molar-refractivity contribution in [1.29, 1.82) is 0 Å². The molecule has 1 aliphatic heterocycles. The van der Waals surface area contributed by atoms with Gasteiger partial charge in [-0.25, -0.2) is 0 Å². The van der Waals surface area contributed by atoms with Gasteiger partial charge in [-0.05, 0) is 26.2 Å². The van der Waals surface area contributed by atoms with E-state index in [2.05, 4.69) is 25.7 Å². The van der Waals surface area contributed by atoms with Crippen LogP contribution in [0.15, 0.2) is 0 Å². The third kappa shape index (κ3) is 2.92. The Morgan fingerprint density at radius 3 is 2.60 bits per heavy atom. The second-order valence-electron chi connectivity index (χ2n) is 5.07. The molecule has 0 amide bonds. The Balaban J connectivity index is 2.61. The normalized spacial score (nSPS) is 32.6. The first-order chi connectivity index (χ1) is 7.03. The largest absolute Gasteiger partial charge is 0.391 e. The van der Waals surface area contributed by atoms with Crippen LogP contribution >= 0.6 is 0 Å². The van der Waals surface area contributed by atoms with Crippen LogP contribution in [0.1, 0.15) is 46.5 Å². The van der Waals surface area contributed by atoms with Crippen molar-refractivity contribution >= 4 is 0 Å². The fourth-order valence-corrected chi connectivity index (χ4v) is 2.56. The van der Waals surface area contributed by atoms with Gasteiger partial charge in [-0.1, -0.05) is 20.3 Å². The van der Waals surface area contributed by atoms with E-state index < -0.39 is 0 Å². The van der Waals surface area contributed by atoms with Gasteiger partial charge in [-0.15, -0.1) is 0 Å². The van der Waals surface area contributed by atoms with Gasteiger partial charge in [-0.3, -0.25) is 4.90 Å². The zero-order valence-corrected chi connectivity index (χ0v) is 10.4. The summed E-state index contributed by atoms with van der Waals surface area (Å²) in [6.45, 7) is 8.62. The fraction of sp³-hybridized carbons (Fsp3) is 1.00. The SMILES string of the molecule is CCCC(C)(CC)N1CCC(O)C(N)C1. The van der Waals surface area contributed by atoms with Crippen LogP contribution in [0.5, 0.6) is 0 Å². The molecule has 3 unspecified atom stereocenters. The zero-order chi connectivity index (χ0) is 11.5. The molecular formula is C12H26N2O. The molecule has 90 valence electrons. The lowest BCUT2D eigenvalue weighted by Gasteiger charge is -2.46. The quantitative estimate of drug-likeness (QED) is 0.742. The molecule has 1 saturated heterocycles. The van der Waals surface area contributed by atoms with Gasteiger partial charge in [0.1, 0.15) is 0 Å². The molecule has 0 saturated carbocycles. The fourth-order valence-electron chi connectivity index (χ4n) is 2.56. The Morgan fingerprint density at radius 2 is 2.13 bits per heavy atom. The molecule has 3 heteroatoms. The highest BCUT2D eigenvalue weighted by atomic mass is 16.3. The smallest absolute Gasteiger partial charge is 0.0715 e. The minimum Gasteiger partial charge on any atom is -0.391 e. The number of aliphatic hydroxyl groups excluding tert-OH is 1. The molecule has 0 aromatic heterocycles. The molecule has 1 aliphatic rings. The monoisotopic (exact) mass is 214 g/mol. The first-order valence-corrected chi connectivity index (χ1v) is 6.22. The van der Waals surface area contributed by atoms with Gasteiger partial charge >= 0.3 is 0 Å². The summed E-state index contributed by atoms with van der Waals surface area (Å²) >= 11 is 0. The van der Waals surface area contributed by atoms with Crippen molar-refractivity contribution in [2.45, 2.75) is 64.1 Å². The van der Waals surface area contributed by atoms with Crippen LogP contribution in [-0.2, 0) is 0 Å². The Kier molecular flexibility index (Phi) is 4.56. The zero-order valence-electron chi connectivity index (χ0n) is 10.4.